The Bertz CT molecular complexity index is 441. The van der Waals surface area contributed by atoms with Crippen LogP contribution in [-0.2, 0) is 4.79 Å². The van der Waals surface area contributed by atoms with Gasteiger partial charge in [-0.2, -0.15) is 0 Å². The van der Waals surface area contributed by atoms with Crippen LogP contribution < -0.4 is 4.74 Å². The van der Waals surface area contributed by atoms with Crippen molar-refractivity contribution in [3.8, 4) is 5.75 Å². The van der Waals surface area contributed by atoms with Crippen molar-refractivity contribution in [2.45, 2.75) is 33.1 Å². The van der Waals surface area contributed by atoms with E-state index in [2.05, 4.69) is 0 Å². The van der Waals surface area contributed by atoms with E-state index < -0.39 is 11.9 Å². The van der Waals surface area contributed by atoms with Gasteiger partial charge in [-0.3, -0.25) is 4.79 Å². The molecule has 0 aliphatic carbocycles. The van der Waals surface area contributed by atoms with Crippen LogP contribution in [0.4, 0.5) is 0 Å². The molecule has 1 unspecified atom stereocenters. The van der Waals surface area contributed by atoms with E-state index in [1.54, 1.807) is 13.2 Å². The number of hydrogen-bond donors (Lipinski definition) is 1. The van der Waals surface area contributed by atoms with Crippen molar-refractivity contribution in [3.63, 3.8) is 0 Å². The Labute approximate surface area is 106 Å². The van der Waals surface area contributed by atoms with Crippen LogP contribution >= 0.6 is 11.6 Å². The number of benzene rings is 1. The number of methoxy groups -OCH3 is 1. The zero-order valence-corrected chi connectivity index (χ0v) is 11.3. The van der Waals surface area contributed by atoms with Gasteiger partial charge in [0.1, 0.15) is 5.75 Å². The number of aliphatic carboxylic acids is 1. The molecule has 17 heavy (non-hydrogen) atoms. The summed E-state index contributed by atoms with van der Waals surface area (Å²) in [7, 11) is 1.54. The lowest BCUT2D eigenvalue weighted by Crippen LogP contribution is -2.13. The lowest BCUT2D eigenvalue weighted by Gasteiger charge is -2.19. The molecule has 0 amide bonds. The summed E-state index contributed by atoms with van der Waals surface area (Å²) in [5.74, 6) is -0.837. The Balaban J connectivity index is 3.49. The van der Waals surface area contributed by atoms with Gasteiger partial charge >= 0.3 is 5.97 Å². The maximum atomic E-state index is 11.2. The summed E-state index contributed by atoms with van der Waals surface area (Å²) in [6, 6.07) is 1.79. The smallest absolute Gasteiger partial charge is 0.311 e. The molecule has 0 aliphatic rings. The summed E-state index contributed by atoms with van der Waals surface area (Å²) in [5, 5.41) is 9.84. The standard InChI is InChI=1S/C13H17ClO3/c1-5-9(13(15)16)11-8(3)12(14)7(2)6-10(11)17-4/h6,9H,5H2,1-4H3,(H,15,16). The normalized spacial score (nSPS) is 12.3. The monoisotopic (exact) mass is 256 g/mol. The van der Waals surface area contributed by atoms with Crippen LogP contribution in [0, 0.1) is 13.8 Å². The Kier molecular flexibility index (Phi) is 4.40. The number of aryl methyl sites for hydroxylation is 1. The van der Waals surface area contributed by atoms with Gasteiger partial charge in [-0.25, -0.2) is 0 Å². The lowest BCUT2D eigenvalue weighted by atomic mass is 9.90. The highest BCUT2D eigenvalue weighted by Crippen LogP contribution is 2.37. The van der Waals surface area contributed by atoms with Crippen molar-refractivity contribution < 1.29 is 14.6 Å². The van der Waals surface area contributed by atoms with E-state index in [9.17, 15) is 9.90 Å². The van der Waals surface area contributed by atoms with Crippen LogP contribution in [0.25, 0.3) is 0 Å². The summed E-state index contributed by atoms with van der Waals surface area (Å²) in [6.07, 6.45) is 0.506. The van der Waals surface area contributed by atoms with Crippen molar-refractivity contribution in [3.05, 3.63) is 27.8 Å². The van der Waals surface area contributed by atoms with Gasteiger partial charge in [0, 0.05) is 10.6 Å². The van der Waals surface area contributed by atoms with Gasteiger partial charge in [-0.1, -0.05) is 18.5 Å². The summed E-state index contributed by atoms with van der Waals surface area (Å²) < 4.78 is 5.27. The van der Waals surface area contributed by atoms with Crippen LogP contribution in [-0.4, -0.2) is 18.2 Å². The second kappa shape index (κ2) is 5.41. The van der Waals surface area contributed by atoms with E-state index in [0.717, 1.165) is 11.1 Å². The van der Waals surface area contributed by atoms with Gasteiger partial charge in [0.15, 0.2) is 0 Å². The van der Waals surface area contributed by atoms with Gasteiger partial charge < -0.3 is 9.84 Å². The summed E-state index contributed by atoms with van der Waals surface area (Å²) >= 11 is 6.17. The predicted molar refractivity (Wildman–Crippen MR) is 68.1 cm³/mol. The van der Waals surface area contributed by atoms with E-state index in [1.165, 1.54) is 0 Å². The first kappa shape index (κ1) is 13.8. The minimum atomic E-state index is -0.853. The average molecular weight is 257 g/mol. The van der Waals surface area contributed by atoms with E-state index >= 15 is 0 Å². The van der Waals surface area contributed by atoms with Crippen molar-refractivity contribution in [1.29, 1.82) is 0 Å². The summed E-state index contributed by atoms with van der Waals surface area (Å²) in [6.45, 7) is 5.55. The molecule has 0 saturated carbocycles. The quantitative estimate of drug-likeness (QED) is 0.896. The second-order valence-electron chi connectivity index (χ2n) is 4.05. The molecule has 0 saturated heterocycles. The number of hydrogen-bond acceptors (Lipinski definition) is 2. The highest BCUT2D eigenvalue weighted by atomic mass is 35.5. The van der Waals surface area contributed by atoms with Gasteiger partial charge in [-0.15, -0.1) is 0 Å². The Morgan fingerprint density at radius 2 is 2.12 bits per heavy atom. The first-order chi connectivity index (χ1) is 7.93. The SMILES string of the molecule is CCC(C(=O)O)c1c(OC)cc(C)c(Cl)c1C. The fourth-order valence-corrected chi connectivity index (χ4v) is 2.20. The lowest BCUT2D eigenvalue weighted by molar-refractivity contribution is -0.138. The fraction of sp³-hybridized carbons (Fsp3) is 0.462. The first-order valence-corrected chi connectivity index (χ1v) is 5.88. The van der Waals surface area contributed by atoms with Crippen molar-refractivity contribution >= 4 is 17.6 Å². The fourth-order valence-electron chi connectivity index (χ4n) is 2.04. The van der Waals surface area contributed by atoms with Crippen molar-refractivity contribution in [2.24, 2.45) is 0 Å². The van der Waals surface area contributed by atoms with E-state index in [0.29, 0.717) is 22.8 Å². The van der Waals surface area contributed by atoms with Gasteiger partial charge in [0.2, 0.25) is 0 Å². The molecular weight excluding hydrogens is 240 g/mol. The number of ether oxygens (including phenoxy) is 1. The maximum absolute atomic E-state index is 11.2. The number of carboxylic acid groups (broad SMARTS) is 1. The average Bonchev–Trinajstić information content (AvgIpc) is 2.29. The maximum Gasteiger partial charge on any atom is 0.311 e. The van der Waals surface area contributed by atoms with Crippen LogP contribution in [0.15, 0.2) is 6.07 Å². The molecule has 0 radical (unpaired) electrons. The largest absolute Gasteiger partial charge is 0.496 e. The molecule has 4 heteroatoms. The third-order valence-corrected chi connectivity index (χ3v) is 3.55. The molecule has 1 aromatic rings. The van der Waals surface area contributed by atoms with Crippen LogP contribution in [0.5, 0.6) is 5.75 Å². The highest BCUT2D eigenvalue weighted by Gasteiger charge is 2.25. The third-order valence-electron chi connectivity index (χ3n) is 2.97. The molecule has 1 rings (SSSR count). The molecule has 1 N–H and O–H groups in total. The van der Waals surface area contributed by atoms with E-state index in [1.807, 2.05) is 20.8 Å². The molecule has 94 valence electrons. The van der Waals surface area contributed by atoms with Gasteiger partial charge in [-0.05, 0) is 37.5 Å². The first-order valence-electron chi connectivity index (χ1n) is 5.50. The molecule has 0 aliphatic heterocycles. The number of halogens is 1. The summed E-state index contributed by atoms with van der Waals surface area (Å²) in [5.41, 5.74) is 2.36. The van der Waals surface area contributed by atoms with E-state index in [4.69, 9.17) is 16.3 Å². The van der Waals surface area contributed by atoms with Crippen LogP contribution in [0.1, 0.15) is 36.0 Å². The molecule has 1 aromatic carbocycles. The molecule has 0 bridgehead atoms. The predicted octanol–water partition coefficient (Wildman–Crippen LogP) is 3.54. The molecule has 1 atom stereocenters. The molecular formula is C13H17ClO3. The molecule has 3 nitrogen and oxygen atoms in total. The topological polar surface area (TPSA) is 46.5 Å². The van der Waals surface area contributed by atoms with Gasteiger partial charge in [0.25, 0.3) is 0 Å². The molecule has 0 spiro atoms. The third kappa shape index (κ3) is 2.55. The van der Waals surface area contributed by atoms with E-state index in [-0.39, 0.29) is 0 Å². The minimum absolute atomic E-state index is 0.506. The minimum Gasteiger partial charge on any atom is -0.496 e. The molecule has 0 aromatic heterocycles. The number of carboxylic acids is 1. The summed E-state index contributed by atoms with van der Waals surface area (Å²) in [4.78, 5) is 11.2. The second-order valence-corrected chi connectivity index (χ2v) is 4.43. The van der Waals surface area contributed by atoms with Crippen LogP contribution in [0.3, 0.4) is 0 Å². The highest BCUT2D eigenvalue weighted by molar-refractivity contribution is 6.32. The Morgan fingerprint density at radius 3 is 2.53 bits per heavy atom. The Morgan fingerprint density at radius 1 is 1.53 bits per heavy atom. The Hall–Kier alpha value is -1.22. The molecule has 0 fully saturated rings. The van der Waals surface area contributed by atoms with Crippen molar-refractivity contribution in [2.75, 3.05) is 7.11 Å². The number of carbonyl (C=O) groups is 1. The van der Waals surface area contributed by atoms with Gasteiger partial charge in [0.05, 0.1) is 13.0 Å². The van der Waals surface area contributed by atoms with Crippen LogP contribution in [0.2, 0.25) is 5.02 Å². The number of rotatable bonds is 4. The zero-order valence-electron chi connectivity index (χ0n) is 10.5. The van der Waals surface area contributed by atoms with Crippen molar-refractivity contribution in [1.82, 2.24) is 0 Å². The molecule has 0 heterocycles. The zero-order chi connectivity index (χ0) is 13.2.